The van der Waals surface area contributed by atoms with E-state index in [1.54, 1.807) is 13.0 Å². The van der Waals surface area contributed by atoms with Gasteiger partial charge in [0.1, 0.15) is 11.8 Å². The van der Waals surface area contributed by atoms with Gasteiger partial charge in [0.25, 0.3) is 5.91 Å². The fourth-order valence-corrected chi connectivity index (χ4v) is 1.81. The number of carboxylic acids is 1. The van der Waals surface area contributed by atoms with Crippen LogP contribution in [0, 0.1) is 6.92 Å². The number of hydrogen-bond acceptors (Lipinski definition) is 4. The Balaban J connectivity index is 2.10. The zero-order valence-corrected chi connectivity index (χ0v) is 11.3. The number of hydrogen-bond donors (Lipinski definition) is 4. The molecule has 7 heteroatoms. The van der Waals surface area contributed by atoms with E-state index in [0.29, 0.717) is 11.3 Å². The van der Waals surface area contributed by atoms with Gasteiger partial charge in [-0.2, -0.15) is 0 Å². The number of carboxylic acid groups (broad SMARTS) is 1. The van der Waals surface area contributed by atoms with Crippen molar-refractivity contribution in [3.05, 3.63) is 47.5 Å². The van der Waals surface area contributed by atoms with Gasteiger partial charge in [0.15, 0.2) is 0 Å². The van der Waals surface area contributed by atoms with E-state index < -0.39 is 17.9 Å². The lowest BCUT2D eigenvalue weighted by Crippen LogP contribution is -2.42. The number of benzene rings is 1. The van der Waals surface area contributed by atoms with Crippen LogP contribution in [0.15, 0.2) is 30.7 Å². The summed E-state index contributed by atoms with van der Waals surface area (Å²) < 4.78 is 0. The molecule has 1 aromatic heterocycles. The molecule has 7 nitrogen and oxygen atoms in total. The number of aromatic amines is 1. The zero-order valence-electron chi connectivity index (χ0n) is 11.3. The minimum atomic E-state index is -1.14. The quantitative estimate of drug-likeness (QED) is 0.651. The van der Waals surface area contributed by atoms with E-state index in [0.717, 1.165) is 0 Å². The molecule has 1 aromatic carbocycles. The van der Waals surface area contributed by atoms with Crippen molar-refractivity contribution < 1.29 is 19.8 Å². The van der Waals surface area contributed by atoms with E-state index in [2.05, 4.69) is 15.3 Å². The maximum Gasteiger partial charge on any atom is 0.326 e. The van der Waals surface area contributed by atoms with Crippen LogP contribution in [0.3, 0.4) is 0 Å². The molecule has 0 saturated heterocycles. The van der Waals surface area contributed by atoms with Gasteiger partial charge in [-0.05, 0) is 24.6 Å². The maximum atomic E-state index is 12.0. The third-order valence-corrected chi connectivity index (χ3v) is 3.05. The number of nitrogens with zero attached hydrogens (tertiary/aromatic N) is 1. The van der Waals surface area contributed by atoms with Crippen LogP contribution < -0.4 is 5.32 Å². The predicted molar refractivity (Wildman–Crippen MR) is 74.0 cm³/mol. The fourth-order valence-electron chi connectivity index (χ4n) is 1.81. The number of amides is 1. The van der Waals surface area contributed by atoms with Crippen molar-refractivity contribution in [2.24, 2.45) is 0 Å². The SMILES string of the molecule is Cc1ccc(C(=O)N[C@H](Cc2cnc[nH]2)C(=O)O)cc1O. The first-order valence-electron chi connectivity index (χ1n) is 6.28. The van der Waals surface area contributed by atoms with Gasteiger partial charge in [-0.1, -0.05) is 6.07 Å². The lowest BCUT2D eigenvalue weighted by Gasteiger charge is -2.14. The molecule has 0 aliphatic carbocycles. The van der Waals surface area contributed by atoms with E-state index in [4.69, 9.17) is 5.11 Å². The molecule has 2 aromatic rings. The van der Waals surface area contributed by atoms with Gasteiger partial charge in [0, 0.05) is 23.9 Å². The fraction of sp³-hybridized carbons (Fsp3) is 0.214. The Morgan fingerprint density at radius 2 is 2.19 bits per heavy atom. The number of carbonyl (C=O) groups excluding carboxylic acids is 1. The standard InChI is InChI=1S/C14H15N3O4/c1-8-2-3-9(4-12(8)18)13(19)17-11(14(20)21)5-10-6-15-7-16-10/h2-4,6-7,11,18H,5H2,1H3,(H,15,16)(H,17,19)(H,20,21)/t11-/m1/s1. The van der Waals surface area contributed by atoms with Gasteiger partial charge in [0.05, 0.1) is 6.33 Å². The summed E-state index contributed by atoms with van der Waals surface area (Å²) in [6, 6.07) is 3.34. The van der Waals surface area contributed by atoms with Crippen LogP contribution in [0.25, 0.3) is 0 Å². The van der Waals surface area contributed by atoms with Gasteiger partial charge < -0.3 is 20.5 Å². The number of carbonyl (C=O) groups is 2. The first kappa shape index (κ1) is 14.6. The van der Waals surface area contributed by atoms with Crippen LogP contribution in [-0.2, 0) is 11.2 Å². The molecule has 21 heavy (non-hydrogen) atoms. The lowest BCUT2D eigenvalue weighted by atomic mass is 10.1. The minimum absolute atomic E-state index is 0.0110. The molecule has 0 fully saturated rings. The van der Waals surface area contributed by atoms with Gasteiger partial charge in [0.2, 0.25) is 0 Å². The molecule has 1 heterocycles. The van der Waals surface area contributed by atoms with Gasteiger partial charge in [-0.25, -0.2) is 9.78 Å². The second-order valence-electron chi connectivity index (χ2n) is 4.65. The highest BCUT2D eigenvalue weighted by molar-refractivity contribution is 5.97. The predicted octanol–water partition coefficient (Wildman–Crippen LogP) is 0.849. The molecule has 0 unspecified atom stereocenters. The van der Waals surface area contributed by atoms with Crippen LogP contribution in [0.5, 0.6) is 5.75 Å². The van der Waals surface area contributed by atoms with Crippen molar-refractivity contribution in [3.8, 4) is 5.75 Å². The average Bonchev–Trinajstić information content (AvgIpc) is 2.93. The number of phenolic OH excluding ortho intramolecular Hbond substituents is 1. The Morgan fingerprint density at radius 1 is 1.43 bits per heavy atom. The number of phenols is 1. The Kier molecular flexibility index (Phi) is 4.22. The number of nitrogens with one attached hydrogen (secondary N) is 2. The Hall–Kier alpha value is -2.83. The Morgan fingerprint density at radius 3 is 2.76 bits per heavy atom. The molecule has 2 rings (SSSR count). The van der Waals surface area contributed by atoms with Crippen LogP contribution >= 0.6 is 0 Å². The van der Waals surface area contributed by atoms with Crippen molar-refractivity contribution in [3.63, 3.8) is 0 Å². The number of rotatable bonds is 5. The van der Waals surface area contributed by atoms with E-state index in [-0.39, 0.29) is 17.7 Å². The van der Waals surface area contributed by atoms with E-state index in [1.807, 2.05) is 0 Å². The van der Waals surface area contributed by atoms with E-state index in [9.17, 15) is 14.7 Å². The van der Waals surface area contributed by atoms with Crippen LogP contribution in [0.4, 0.5) is 0 Å². The van der Waals surface area contributed by atoms with Crippen LogP contribution in [0.2, 0.25) is 0 Å². The highest BCUT2D eigenvalue weighted by Crippen LogP contribution is 2.17. The summed E-state index contributed by atoms with van der Waals surface area (Å²) in [4.78, 5) is 29.8. The number of aryl methyl sites for hydroxylation is 1. The van der Waals surface area contributed by atoms with Gasteiger partial charge >= 0.3 is 5.97 Å². The molecule has 0 aliphatic heterocycles. The number of H-pyrrole nitrogens is 1. The molecule has 1 atom stereocenters. The third-order valence-electron chi connectivity index (χ3n) is 3.05. The monoisotopic (exact) mass is 289 g/mol. The smallest absolute Gasteiger partial charge is 0.326 e. The average molecular weight is 289 g/mol. The summed E-state index contributed by atoms with van der Waals surface area (Å²) >= 11 is 0. The topological polar surface area (TPSA) is 115 Å². The molecule has 1 amide bonds. The highest BCUT2D eigenvalue weighted by atomic mass is 16.4. The number of aromatic hydroxyl groups is 1. The van der Waals surface area contributed by atoms with Crippen molar-refractivity contribution in [1.82, 2.24) is 15.3 Å². The zero-order chi connectivity index (χ0) is 15.4. The molecular formula is C14H15N3O4. The second-order valence-corrected chi connectivity index (χ2v) is 4.65. The lowest BCUT2D eigenvalue weighted by molar-refractivity contribution is -0.139. The molecule has 0 saturated carbocycles. The first-order chi connectivity index (χ1) is 9.97. The highest BCUT2D eigenvalue weighted by Gasteiger charge is 2.22. The van der Waals surface area contributed by atoms with Crippen molar-refractivity contribution in [2.75, 3.05) is 0 Å². The molecule has 0 bridgehead atoms. The largest absolute Gasteiger partial charge is 0.508 e. The number of imidazole rings is 1. The van der Waals surface area contributed by atoms with Crippen molar-refractivity contribution >= 4 is 11.9 Å². The van der Waals surface area contributed by atoms with Crippen LogP contribution in [0.1, 0.15) is 21.6 Å². The molecular weight excluding hydrogens is 274 g/mol. The van der Waals surface area contributed by atoms with E-state index >= 15 is 0 Å². The summed E-state index contributed by atoms with van der Waals surface area (Å²) in [6.07, 6.45) is 3.03. The van der Waals surface area contributed by atoms with Crippen molar-refractivity contribution in [1.29, 1.82) is 0 Å². The summed E-state index contributed by atoms with van der Waals surface area (Å²) in [6.45, 7) is 1.70. The summed E-state index contributed by atoms with van der Waals surface area (Å²) in [7, 11) is 0. The molecule has 0 radical (unpaired) electrons. The second kappa shape index (κ2) is 6.08. The molecule has 0 spiro atoms. The molecule has 0 aliphatic rings. The Labute approximate surface area is 120 Å². The van der Waals surface area contributed by atoms with Gasteiger partial charge in [-0.15, -0.1) is 0 Å². The summed E-state index contributed by atoms with van der Waals surface area (Å²) in [5, 5.41) is 21.2. The van der Waals surface area contributed by atoms with Crippen molar-refractivity contribution in [2.45, 2.75) is 19.4 Å². The number of aliphatic carboxylic acids is 1. The normalized spacial score (nSPS) is 11.9. The summed E-state index contributed by atoms with van der Waals surface area (Å²) in [5.41, 5.74) is 1.45. The third kappa shape index (κ3) is 3.59. The molecule has 4 N–H and O–H groups in total. The maximum absolute atomic E-state index is 12.0. The summed E-state index contributed by atoms with van der Waals surface area (Å²) in [5.74, 6) is -1.71. The number of aromatic nitrogens is 2. The van der Waals surface area contributed by atoms with Gasteiger partial charge in [-0.3, -0.25) is 4.79 Å². The van der Waals surface area contributed by atoms with E-state index in [1.165, 1.54) is 24.7 Å². The van der Waals surface area contributed by atoms with Crippen LogP contribution in [-0.4, -0.2) is 38.1 Å². The first-order valence-corrected chi connectivity index (χ1v) is 6.28. The molecule has 110 valence electrons. The Bertz CT molecular complexity index is 652. The minimum Gasteiger partial charge on any atom is -0.508 e.